The summed E-state index contributed by atoms with van der Waals surface area (Å²) in [6, 6.07) is 15.2. The van der Waals surface area contributed by atoms with Gasteiger partial charge in [0.2, 0.25) is 11.9 Å². The zero-order valence-corrected chi connectivity index (χ0v) is 22.8. The third-order valence-electron chi connectivity index (χ3n) is 6.78. The maximum atomic E-state index is 12.5. The predicted octanol–water partition coefficient (Wildman–Crippen LogP) is 6.71. The van der Waals surface area contributed by atoms with Gasteiger partial charge < -0.3 is 19.9 Å². The Morgan fingerprint density at radius 1 is 1.05 bits per heavy atom. The first-order valence-corrected chi connectivity index (χ1v) is 13.4. The highest BCUT2D eigenvalue weighted by atomic mass is 35.5. The van der Waals surface area contributed by atoms with Crippen LogP contribution in [0, 0.1) is 0 Å². The first-order chi connectivity index (χ1) is 18.4. The van der Waals surface area contributed by atoms with Gasteiger partial charge in [0.1, 0.15) is 17.3 Å². The highest BCUT2D eigenvalue weighted by molar-refractivity contribution is 6.31. The predicted molar refractivity (Wildman–Crippen MR) is 153 cm³/mol. The molecule has 1 saturated heterocycles. The largest absolute Gasteiger partial charge is 0.457 e. The van der Waals surface area contributed by atoms with E-state index in [1.807, 2.05) is 41.9 Å². The van der Waals surface area contributed by atoms with Gasteiger partial charge in [0.05, 0.1) is 17.6 Å². The molecule has 1 aliphatic rings. The summed E-state index contributed by atoms with van der Waals surface area (Å²) in [7, 11) is 1.97. The number of imidazole rings is 1. The van der Waals surface area contributed by atoms with Gasteiger partial charge in [-0.3, -0.25) is 9.69 Å². The van der Waals surface area contributed by atoms with Gasteiger partial charge in [0.25, 0.3) is 0 Å². The number of carbonyl (C=O) groups is 1. The summed E-state index contributed by atoms with van der Waals surface area (Å²) in [6.45, 7) is 6.56. The van der Waals surface area contributed by atoms with Gasteiger partial charge in [-0.25, -0.2) is 9.97 Å². The zero-order chi connectivity index (χ0) is 26.6. The van der Waals surface area contributed by atoms with Crippen LogP contribution in [0.15, 0.2) is 54.7 Å². The Hall–Kier alpha value is -3.62. The van der Waals surface area contributed by atoms with Crippen LogP contribution in [0.4, 0.5) is 17.5 Å². The van der Waals surface area contributed by atoms with E-state index in [9.17, 15) is 4.79 Å². The molecule has 9 heteroatoms. The molecule has 4 aromatic rings. The topological polar surface area (TPSA) is 84.3 Å². The van der Waals surface area contributed by atoms with E-state index in [2.05, 4.69) is 40.4 Å². The SMILES string of the molecule is CC(C)c1cc(Nc2nc3cc(Oc4ccnc(NC(=O)CN5CCCCC5)c4)ccc3n2C)ccc1Cl. The molecule has 2 aromatic carbocycles. The van der Waals surface area contributed by atoms with Gasteiger partial charge in [0.15, 0.2) is 0 Å². The number of likely N-dealkylation sites (tertiary alicyclic amines) is 1. The Morgan fingerprint density at radius 2 is 1.84 bits per heavy atom. The third kappa shape index (κ3) is 6.09. The minimum atomic E-state index is -0.0623. The summed E-state index contributed by atoms with van der Waals surface area (Å²) >= 11 is 6.36. The summed E-state index contributed by atoms with van der Waals surface area (Å²) < 4.78 is 8.10. The normalized spacial score (nSPS) is 14.1. The number of pyridine rings is 1. The number of benzene rings is 2. The van der Waals surface area contributed by atoms with Crippen molar-refractivity contribution in [3.8, 4) is 11.5 Å². The van der Waals surface area contributed by atoms with Crippen molar-refractivity contribution in [1.82, 2.24) is 19.4 Å². The van der Waals surface area contributed by atoms with Crippen LogP contribution < -0.4 is 15.4 Å². The molecule has 0 spiro atoms. The van der Waals surface area contributed by atoms with Crippen LogP contribution in [0.2, 0.25) is 5.02 Å². The van der Waals surface area contributed by atoms with Crippen molar-refractivity contribution >= 4 is 46.0 Å². The summed E-state index contributed by atoms with van der Waals surface area (Å²) in [5.41, 5.74) is 3.79. The van der Waals surface area contributed by atoms with Crippen molar-refractivity contribution in [3.63, 3.8) is 0 Å². The van der Waals surface area contributed by atoms with Gasteiger partial charge in [-0.2, -0.15) is 0 Å². The summed E-state index contributed by atoms with van der Waals surface area (Å²) in [6.07, 6.45) is 5.16. The van der Waals surface area contributed by atoms with E-state index in [1.165, 1.54) is 6.42 Å². The van der Waals surface area contributed by atoms with Gasteiger partial charge in [-0.05, 0) is 73.8 Å². The number of amides is 1. The number of hydrogen-bond donors (Lipinski definition) is 2. The van der Waals surface area contributed by atoms with Crippen molar-refractivity contribution in [2.75, 3.05) is 30.3 Å². The number of anilines is 3. The molecule has 2 aromatic heterocycles. The van der Waals surface area contributed by atoms with Gasteiger partial charge in [0, 0.05) is 36.1 Å². The molecule has 5 rings (SSSR count). The second kappa shape index (κ2) is 11.4. The number of rotatable bonds is 8. The lowest BCUT2D eigenvalue weighted by Gasteiger charge is -2.25. The lowest BCUT2D eigenvalue weighted by Crippen LogP contribution is -2.36. The average Bonchev–Trinajstić information content (AvgIpc) is 3.20. The minimum absolute atomic E-state index is 0.0623. The average molecular weight is 533 g/mol. The second-order valence-electron chi connectivity index (χ2n) is 10.0. The minimum Gasteiger partial charge on any atom is -0.457 e. The first kappa shape index (κ1) is 26.0. The molecule has 38 heavy (non-hydrogen) atoms. The highest BCUT2D eigenvalue weighted by Gasteiger charge is 2.15. The van der Waals surface area contributed by atoms with Gasteiger partial charge in [-0.1, -0.05) is 31.9 Å². The lowest BCUT2D eigenvalue weighted by molar-refractivity contribution is -0.117. The number of ether oxygens (including phenoxy) is 1. The number of piperidine rings is 1. The number of fused-ring (bicyclic) bond motifs is 1. The fourth-order valence-corrected chi connectivity index (χ4v) is 5.07. The molecule has 0 unspecified atom stereocenters. The second-order valence-corrected chi connectivity index (χ2v) is 10.4. The van der Waals surface area contributed by atoms with Crippen molar-refractivity contribution in [2.24, 2.45) is 7.05 Å². The molecule has 0 radical (unpaired) electrons. The van der Waals surface area contributed by atoms with Crippen LogP contribution in [-0.4, -0.2) is 45.0 Å². The first-order valence-electron chi connectivity index (χ1n) is 13.0. The Morgan fingerprint density at radius 3 is 2.63 bits per heavy atom. The molecule has 0 bridgehead atoms. The number of aryl methyl sites for hydroxylation is 1. The van der Waals surface area contributed by atoms with E-state index >= 15 is 0 Å². The van der Waals surface area contributed by atoms with Crippen molar-refractivity contribution in [2.45, 2.75) is 39.0 Å². The number of hydrogen-bond acceptors (Lipinski definition) is 6. The molecule has 8 nitrogen and oxygen atoms in total. The maximum absolute atomic E-state index is 12.5. The van der Waals surface area contributed by atoms with E-state index in [0.29, 0.717) is 29.8 Å². The Bertz CT molecular complexity index is 1440. The Kier molecular flexibility index (Phi) is 7.81. The van der Waals surface area contributed by atoms with Crippen LogP contribution in [0.25, 0.3) is 11.0 Å². The molecule has 0 saturated carbocycles. The van der Waals surface area contributed by atoms with Crippen LogP contribution in [0.5, 0.6) is 11.5 Å². The van der Waals surface area contributed by atoms with Crippen molar-refractivity contribution < 1.29 is 9.53 Å². The summed E-state index contributed by atoms with van der Waals surface area (Å²) in [5.74, 6) is 2.68. The van der Waals surface area contributed by atoms with Gasteiger partial charge >= 0.3 is 0 Å². The van der Waals surface area contributed by atoms with E-state index in [1.54, 1.807) is 18.3 Å². The standard InChI is InChI=1S/C29H33ClN6O2/c1-19(2)23-15-20(7-9-24(23)30)32-29-33-25-16-21(8-10-26(25)35(29)3)38-22-11-12-31-27(17-22)34-28(37)18-36-13-5-4-6-14-36/h7-12,15-17,19H,4-6,13-14,18H2,1-3H3,(H,32,33)(H,31,34,37). The number of carbonyl (C=O) groups excluding carboxylic acids is 1. The lowest BCUT2D eigenvalue weighted by atomic mass is 10.0. The molecule has 0 aliphatic carbocycles. The summed E-state index contributed by atoms with van der Waals surface area (Å²) in [5, 5.41) is 7.06. The Labute approximate surface area is 228 Å². The van der Waals surface area contributed by atoms with E-state index in [4.69, 9.17) is 21.3 Å². The maximum Gasteiger partial charge on any atom is 0.239 e. The van der Waals surface area contributed by atoms with Crippen LogP contribution in [-0.2, 0) is 11.8 Å². The number of halogens is 1. The number of nitrogens with zero attached hydrogens (tertiary/aromatic N) is 4. The number of nitrogens with one attached hydrogen (secondary N) is 2. The zero-order valence-electron chi connectivity index (χ0n) is 22.0. The molecule has 1 fully saturated rings. The van der Waals surface area contributed by atoms with E-state index in [-0.39, 0.29) is 5.91 Å². The van der Waals surface area contributed by atoms with Crippen LogP contribution in [0.1, 0.15) is 44.6 Å². The molecule has 1 amide bonds. The highest BCUT2D eigenvalue weighted by Crippen LogP contribution is 2.31. The smallest absolute Gasteiger partial charge is 0.239 e. The van der Waals surface area contributed by atoms with Crippen LogP contribution in [0.3, 0.4) is 0 Å². The molecular formula is C29H33ClN6O2. The fraction of sp³-hybridized carbons (Fsp3) is 0.345. The van der Waals surface area contributed by atoms with Crippen molar-refractivity contribution in [1.29, 1.82) is 0 Å². The van der Waals surface area contributed by atoms with Gasteiger partial charge in [-0.15, -0.1) is 0 Å². The summed E-state index contributed by atoms with van der Waals surface area (Å²) in [4.78, 5) is 23.7. The molecule has 3 heterocycles. The van der Waals surface area contributed by atoms with E-state index in [0.717, 1.165) is 59.2 Å². The molecule has 2 N–H and O–H groups in total. The molecular weight excluding hydrogens is 500 g/mol. The van der Waals surface area contributed by atoms with Crippen molar-refractivity contribution in [3.05, 3.63) is 65.3 Å². The molecule has 1 aliphatic heterocycles. The van der Waals surface area contributed by atoms with E-state index < -0.39 is 0 Å². The molecule has 198 valence electrons. The third-order valence-corrected chi connectivity index (χ3v) is 7.12. The fourth-order valence-electron chi connectivity index (χ4n) is 4.73. The van der Waals surface area contributed by atoms with Crippen LogP contribution >= 0.6 is 11.6 Å². The molecule has 0 atom stereocenters. The number of aromatic nitrogens is 3. The monoisotopic (exact) mass is 532 g/mol. The quantitative estimate of drug-likeness (QED) is 0.262. The Balaban J connectivity index is 1.28.